The first-order valence-corrected chi connectivity index (χ1v) is 15.8. The summed E-state index contributed by atoms with van der Waals surface area (Å²) in [5.41, 5.74) is 3.85. The van der Waals surface area contributed by atoms with Gasteiger partial charge in [0.1, 0.15) is 24.0 Å². The highest BCUT2D eigenvalue weighted by atomic mass is 19.1. The Labute approximate surface area is 254 Å². The van der Waals surface area contributed by atoms with Crippen LogP contribution in [-0.4, -0.2) is 79.8 Å². The Kier molecular flexibility index (Phi) is 8.65. The van der Waals surface area contributed by atoms with E-state index in [1.165, 1.54) is 23.3 Å². The molecule has 0 unspecified atom stereocenters. The molecular formula is C34H44FN3O5. The van der Waals surface area contributed by atoms with Crippen LogP contribution in [0.2, 0.25) is 0 Å². The number of carbonyl (C=O) groups is 1. The number of amidine groups is 1. The van der Waals surface area contributed by atoms with Crippen LogP contribution in [0.15, 0.2) is 41.6 Å². The summed E-state index contributed by atoms with van der Waals surface area (Å²) in [7, 11) is 0. The van der Waals surface area contributed by atoms with Gasteiger partial charge < -0.3 is 23.9 Å². The Balaban J connectivity index is 1.10. The van der Waals surface area contributed by atoms with Gasteiger partial charge in [0.25, 0.3) is 0 Å². The monoisotopic (exact) mass is 593 g/mol. The Morgan fingerprint density at radius 3 is 2.49 bits per heavy atom. The lowest BCUT2D eigenvalue weighted by atomic mass is 9.80. The number of likely N-dealkylation sites (tertiary alicyclic amines) is 2. The van der Waals surface area contributed by atoms with Crippen LogP contribution >= 0.6 is 0 Å². The lowest BCUT2D eigenvalue weighted by Gasteiger charge is -2.46. The Morgan fingerprint density at radius 1 is 1.07 bits per heavy atom. The van der Waals surface area contributed by atoms with Crippen LogP contribution < -0.4 is 4.74 Å². The van der Waals surface area contributed by atoms with Crippen LogP contribution in [0.25, 0.3) is 11.1 Å². The number of hydrogen-bond acceptors (Lipinski definition) is 8. The summed E-state index contributed by atoms with van der Waals surface area (Å²) < 4.78 is 30.9. The molecule has 0 bridgehead atoms. The Bertz CT molecular complexity index is 1330. The second-order valence-corrected chi connectivity index (χ2v) is 12.8. The number of rotatable bonds is 11. The summed E-state index contributed by atoms with van der Waals surface area (Å²) in [6.45, 7) is 11.9. The molecule has 0 amide bonds. The molecule has 4 aliphatic rings. The van der Waals surface area contributed by atoms with E-state index in [2.05, 4.69) is 27.1 Å². The third-order valence-corrected chi connectivity index (χ3v) is 9.29. The molecule has 43 heavy (non-hydrogen) atoms. The van der Waals surface area contributed by atoms with E-state index in [1.54, 1.807) is 0 Å². The number of ether oxygens (including phenoxy) is 3. The van der Waals surface area contributed by atoms with Crippen molar-refractivity contribution in [3.05, 3.63) is 53.3 Å². The fourth-order valence-corrected chi connectivity index (χ4v) is 6.65. The third-order valence-electron chi connectivity index (χ3n) is 9.29. The first kappa shape index (κ1) is 29.9. The van der Waals surface area contributed by atoms with E-state index in [4.69, 9.17) is 19.0 Å². The molecule has 232 valence electrons. The SMILES string of the molecule is CCOCCOc1cc(CN2CC3(CC(N4CCC(C)(C(=O)OCC)CC4)=NO3)C2)cc(C2CC2)c1-c1ccc(F)cc1. The lowest BCUT2D eigenvalue weighted by molar-refractivity contribution is -0.156. The molecule has 3 heterocycles. The Morgan fingerprint density at radius 2 is 1.81 bits per heavy atom. The zero-order chi connectivity index (χ0) is 30.0. The van der Waals surface area contributed by atoms with E-state index in [9.17, 15) is 9.18 Å². The van der Waals surface area contributed by atoms with Crippen LogP contribution in [-0.2, 0) is 25.7 Å². The lowest BCUT2D eigenvalue weighted by Crippen LogP contribution is -2.61. The standard InChI is InChI=1S/C34H44FN3O5/c1-4-40-16-17-42-29-19-24(18-28(25-6-7-25)31(29)26-8-10-27(35)11-9-26)21-37-22-34(23-37)20-30(36-43-34)38-14-12-33(3,13-15-38)32(39)41-5-2/h8-11,18-19,25H,4-7,12-17,20-23H2,1-3H3. The summed E-state index contributed by atoms with van der Waals surface area (Å²) in [5, 5.41) is 4.51. The second kappa shape index (κ2) is 12.4. The van der Waals surface area contributed by atoms with Crippen LogP contribution in [0.4, 0.5) is 4.39 Å². The number of benzene rings is 2. The number of esters is 1. The fraction of sp³-hybridized carbons (Fsp3) is 0.588. The van der Waals surface area contributed by atoms with Crippen molar-refractivity contribution in [3.63, 3.8) is 0 Å². The molecule has 0 atom stereocenters. The van der Waals surface area contributed by atoms with Crippen LogP contribution in [0.1, 0.15) is 69.9 Å². The number of halogens is 1. The highest BCUT2D eigenvalue weighted by Crippen LogP contribution is 2.48. The maximum Gasteiger partial charge on any atom is 0.311 e. The second-order valence-electron chi connectivity index (χ2n) is 12.8. The van der Waals surface area contributed by atoms with Gasteiger partial charge in [-0.2, -0.15) is 0 Å². The zero-order valence-corrected chi connectivity index (χ0v) is 25.7. The average Bonchev–Trinajstić information content (AvgIpc) is 3.74. The van der Waals surface area contributed by atoms with Crippen molar-refractivity contribution in [3.8, 4) is 16.9 Å². The smallest absolute Gasteiger partial charge is 0.311 e. The van der Waals surface area contributed by atoms with Gasteiger partial charge in [0.05, 0.1) is 25.0 Å². The maximum absolute atomic E-state index is 13.8. The van der Waals surface area contributed by atoms with Gasteiger partial charge in [-0.3, -0.25) is 9.69 Å². The maximum atomic E-state index is 13.8. The molecule has 1 saturated carbocycles. The summed E-state index contributed by atoms with van der Waals surface area (Å²) >= 11 is 0. The number of oxime groups is 1. The molecule has 0 radical (unpaired) electrons. The summed E-state index contributed by atoms with van der Waals surface area (Å²) in [6, 6.07) is 11.2. The molecular weight excluding hydrogens is 549 g/mol. The summed E-state index contributed by atoms with van der Waals surface area (Å²) in [4.78, 5) is 23.2. The van der Waals surface area contributed by atoms with E-state index in [1.807, 2.05) is 32.9 Å². The van der Waals surface area contributed by atoms with E-state index >= 15 is 0 Å². The first-order valence-electron chi connectivity index (χ1n) is 15.8. The largest absolute Gasteiger partial charge is 0.491 e. The van der Waals surface area contributed by atoms with Crippen molar-refractivity contribution in [1.82, 2.24) is 9.80 Å². The van der Waals surface area contributed by atoms with Crippen molar-refractivity contribution < 1.29 is 28.2 Å². The van der Waals surface area contributed by atoms with Gasteiger partial charge in [0.2, 0.25) is 0 Å². The number of carbonyl (C=O) groups excluding carboxylic acids is 1. The highest BCUT2D eigenvalue weighted by molar-refractivity contribution is 5.85. The van der Waals surface area contributed by atoms with Crippen molar-refractivity contribution in [2.45, 2.75) is 70.9 Å². The molecule has 6 rings (SSSR count). The number of piperidine rings is 1. The molecule has 1 aliphatic carbocycles. The average molecular weight is 594 g/mol. The predicted octanol–water partition coefficient (Wildman–Crippen LogP) is 5.74. The molecule has 0 N–H and O–H groups in total. The molecule has 0 aromatic heterocycles. The van der Waals surface area contributed by atoms with Gasteiger partial charge >= 0.3 is 5.97 Å². The fourth-order valence-electron chi connectivity index (χ4n) is 6.65. The van der Waals surface area contributed by atoms with Gasteiger partial charge in [-0.05, 0) is 87.3 Å². The van der Waals surface area contributed by atoms with Gasteiger partial charge in [-0.15, -0.1) is 0 Å². The minimum atomic E-state index is -0.422. The van der Waals surface area contributed by atoms with Crippen LogP contribution in [0.5, 0.6) is 5.75 Å². The van der Waals surface area contributed by atoms with E-state index < -0.39 is 5.41 Å². The molecule has 9 heteroatoms. The van der Waals surface area contributed by atoms with Crippen molar-refractivity contribution in [2.75, 3.05) is 52.6 Å². The molecule has 3 fully saturated rings. The molecule has 2 saturated heterocycles. The van der Waals surface area contributed by atoms with E-state index in [-0.39, 0.29) is 17.4 Å². The molecule has 2 aromatic carbocycles. The zero-order valence-electron chi connectivity index (χ0n) is 25.7. The topological polar surface area (TPSA) is 72.8 Å². The predicted molar refractivity (Wildman–Crippen MR) is 162 cm³/mol. The minimum Gasteiger partial charge on any atom is -0.491 e. The van der Waals surface area contributed by atoms with Crippen LogP contribution in [0, 0.1) is 11.2 Å². The van der Waals surface area contributed by atoms with Crippen molar-refractivity contribution >= 4 is 11.8 Å². The third kappa shape index (κ3) is 6.53. The highest BCUT2D eigenvalue weighted by Gasteiger charge is 2.51. The molecule has 1 spiro atoms. The van der Waals surface area contributed by atoms with E-state index in [0.29, 0.717) is 32.3 Å². The van der Waals surface area contributed by atoms with Crippen molar-refractivity contribution in [2.24, 2.45) is 10.6 Å². The van der Waals surface area contributed by atoms with Gasteiger partial charge in [0.15, 0.2) is 5.60 Å². The van der Waals surface area contributed by atoms with Gasteiger partial charge in [-0.1, -0.05) is 23.4 Å². The number of nitrogens with zero attached hydrogens (tertiary/aromatic N) is 3. The summed E-state index contributed by atoms with van der Waals surface area (Å²) in [6.07, 6.45) is 4.63. The van der Waals surface area contributed by atoms with E-state index in [0.717, 1.165) is 87.5 Å². The molecule has 8 nitrogen and oxygen atoms in total. The quantitative estimate of drug-likeness (QED) is 0.243. The molecule has 3 aliphatic heterocycles. The van der Waals surface area contributed by atoms with Gasteiger partial charge in [-0.25, -0.2) is 4.39 Å². The molecule has 2 aromatic rings. The van der Waals surface area contributed by atoms with Crippen LogP contribution in [0.3, 0.4) is 0 Å². The van der Waals surface area contributed by atoms with Crippen molar-refractivity contribution in [1.29, 1.82) is 0 Å². The first-order chi connectivity index (χ1) is 20.8. The Hall–Kier alpha value is -3.17. The summed E-state index contributed by atoms with van der Waals surface area (Å²) in [5.74, 6) is 2.00. The van der Waals surface area contributed by atoms with Gasteiger partial charge in [0, 0.05) is 44.9 Å². The minimum absolute atomic E-state index is 0.0937. The normalized spacial score (nSPS) is 20.8. The number of hydrogen-bond donors (Lipinski definition) is 0.